The number of hydrogen-bond acceptors (Lipinski definition) is 2. The van der Waals surface area contributed by atoms with Gasteiger partial charge in [0.05, 0.1) is 5.69 Å². The van der Waals surface area contributed by atoms with Gasteiger partial charge in [0.2, 0.25) is 5.91 Å². The van der Waals surface area contributed by atoms with Crippen LogP contribution >= 0.6 is 11.8 Å². The Bertz CT molecular complexity index is 395. The van der Waals surface area contributed by atoms with Gasteiger partial charge in [0.15, 0.2) is 5.82 Å². The number of hydrogen-bond donors (Lipinski definition) is 1. The summed E-state index contributed by atoms with van der Waals surface area (Å²) >= 11 is 1.28. The number of amides is 1. The standard InChI is InChI=1S/C9H7F2NOS/c10-5-3-6(11)9-7(4-5)14-2-1-8(13)12-9/h3-4H,1-2H2,(H,12,13). The van der Waals surface area contributed by atoms with Crippen LogP contribution in [0.2, 0.25) is 0 Å². The van der Waals surface area contributed by atoms with Crippen molar-refractivity contribution in [2.45, 2.75) is 11.3 Å². The van der Waals surface area contributed by atoms with Gasteiger partial charge in [-0.05, 0) is 6.07 Å². The van der Waals surface area contributed by atoms with E-state index in [0.717, 1.165) is 6.07 Å². The molecular formula is C9H7F2NOS. The molecule has 0 atom stereocenters. The fourth-order valence-corrected chi connectivity index (χ4v) is 2.24. The van der Waals surface area contributed by atoms with Crippen LogP contribution in [0.3, 0.4) is 0 Å². The molecule has 2 rings (SSSR count). The minimum atomic E-state index is -0.720. The van der Waals surface area contributed by atoms with Gasteiger partial charge in [0.1, 0.15) is 5.82 Å². The predicted octanol–water partition coefficient (Wildman–Crippen LogP) is 2.40. The lowest BCUT2D eigenvalue weighted by molar-refractivity contribution is -0.115. The molecule has 0 aromatic heterocycles. The van der Waals surface area contributed by atoms with Crippen LogP contribution in [0, 0.1) is 11.6 Å². The van der Waals surface area contributed by atoms with Gasteiger partial charge in [-0.15, -0.1) is 11.8 Å². The van der Waals surface area contributed by atoms with Crippen LogP contribution in [0.5, 0.6) is 0 Å². The lowest BCUT2D eigenvalue weighted by Crippen LogP contribution is -2.11. The van der Waals surface area contributed by atoms with Crippen LogP contribution in [0.4, 0.5) is 14.5 Å². The van der Waals surface area contributed by atoms with Gasteiger partial charge in [0, 0.05) is 23.1 Å². The minimum absolute atomic E-state index is 0.0962. The molecule has 1 heterocycles. The number of halogens is 2. The summed E-state index contributed by atoms with van der Waals surface area (Å²) in [6.07, 6.45) is 0.320. The smallest absolute Gasteiger partial charge is 0.225 e. The second-order valence-electron chi connectivity index (χ2n) is 2.91. The van der Waals surface area contributed by atoms with E-state index in [0.29, 0.717) is 17.1 Å². The van der Waals surface area contributed by atoms with Crippen molar-refractivity contribution in [3.8, 4) is 0 Å². The van der Waals surface area contributed by atoms with E-state index in [2.05, 4.69) is 5.32 Å². The summed E-state index contributed by atoms with van der Waals surface area (Å²) in [5.74, 6) is -1.03. The van der Waals surface area contributed by atoms with Crippen LogP contribution in [-0.2, 0) is 4.79 Å². The normalized spacial score (nSPS) is 15.7. The zero-order valence-electron chi connectivity index (χ0n) is 7.14. The van der Waals surface area contributed by atoms with E-state index in [1.165, 1.54) is 17.8 Å². The van der Waals surface area contributed by atoms with Crippen molar-refractivity contribution in [1.82, 2.24) is 0 Å². The topological polar surface area (TPSA) is 29.1 Å². The molecule has 0 bridgehead atoms. The first-order valence-corrected chi connectivity index (χ1v) is 5.07. The number of carbonyl (C=O) groups excluding carboxylic acids is 1. The van der Waals surface area contributed by atoms with Crippen LogP contribution in [0.25, 0.3) is 0 Å². The number of anilines is 1. The summed E-state index contributed by atoms with van der Waals surface area (Å²) in [4.78, 5) is 11.6. The summed E-state index contributed by atoms with van der Waals surface area (Å²) in [6.45, 7) is 0. The van der Waals surface area contributed by atoms with Crippen molar-refractivity contribution in [1.29, 1.82) is 0 Å². The lowest BCUT2D eigenvalue weighted by Gasteiger charge is -2.06. The van der Waals surface area contributed by atoms with Crippen LogP contribution < -0.4 is 5.32 Å². The van der Waals surface area contributed by atoms with Crippen molar-refractivity contribution in [2.75, 3.05) is 11.1 Å². The van der Waals surface area contributed by atoms with Crippen LogP contribution in [-0.4, -0.2) is 11.7 Å². The highest BCUT2D eigenvalue weighted by Gasteiger charge is 2.17. The molecule has 0 radical (unpaired) electrons. The van der Waals surface area contributed by atoms with Gasteiger partial charge in [-0.25, -0.2) is 8.78 Å². The zero-order valence-corrected chi connectivity index (χ0v) is 7.96. The first-order valence-electron chi connectivity index (χ1n) is 4.08. The second-order valence-corrected chi connectivity index (χ2v) is 4.04. The van der Waals surface area contributed by atoms with Crippen molar-refractivity contribution in [3.63, 3.8) is 0 Å². The van der Waals surface area contributed by atoms with Gasteiger partial charge in [-0.2, -0.15) is 0 Å². The summed E-state index contributed by atoms with van der Waals surface area (Å²) in [5, 5.41) is 2.42. The Morgan fingerprint density at radius 2 is 2.14 bits per heavy atom. The minimum Gasteiger partial charge on any atom is -0.323 e. The number of fused-ring (bicyclic) bond motifs is 1. The highest BCUT2D eigenvalue weighted by atomic mass is 32.2. The molecule has 1 aromatic carbocycles. The third kappa shape index (κ3) is 1.72. The Hall–Kier alpha value is -1.10. The number of benzene rings is 1. The maximum atomic E-state index is 13.2. The molecule has 0 saturated heterocycles. The van der Waals surface area contributed by atoms with Crippen molar-refractivity contribution in [2.24, 2.45) is 0 Å². The SMILES string of the molecule is O=C1CCSc2cc(F)cc(F)c2N1. The molecule has 14 heavy (non-hydrogen) atoms. The highest BCUT2D eigenvalue weighted by molar-refractivity contribution is 7.99. The monoisotopic (exact) mass is 215 g/mol. The fourth-order valence-electron chi connectivity index (χ4n) is 1.24. The molecule has 0 unspecified atom stereocenters. The van der Waals surface area contributed by atoms with E-state index in [1.54, 1.807) is 0 Å². The quantitative estimate of drug-likeness (QED) is 0.720. The molecule has 0 fully saturated rings. The number of nitrogens with one attached hydrogen (secondary N) is 1. The van der Waals surface area contributed by atoms with Gasteiger partial charge in [0.25, 0.3) is 0 Å². The molecule has 2 nitrogen and oxygen atoms in total. The largest absolute Gasteiger partial charge is 0.323 e. The summed E-state index contributed by atoms with van der Waals surface area (Å²) in [5.41, 5.74) is 0.0962. The number of thioether (sulfide) groups is 1. The maximum absolute atomic E-state index is 13.2. The Morgan fingerprint density at radius 1 is 1.36 bits per heavy atom. The maximum Gasteiger partial charge on any atom is 0.225 e. The van der Waals surface area contributed by atoms with E-state index in [9.17, 15) is 13.6 Å². The van der Waals surface area contributed by atoms with Crippen molar-refractivity contribution >= 4 is 23.4 Å². The average Bonchev–Trinajstić information content (AvgIpc) is 2.27. The summed E-state index contributed by atoms with van der Waals surface area (Å²) < 4.78 is 26.0. The molecule has 1 aliphatic rings. The van der Waals surface area contributed by atoms with Gasteiger partial charge < -0.3 is 5.32 Å². The molecule has 1 aromatic rings. The second kappa shape index (κ2) is 3.57. The Kier molecular flexibility index (Phi) is 2.41. The van der Waals surface area contributed by atoms with E-state index >= 15 is 0 Å². The number of carbonyl (C=O) groups is 1. The van der Waals surface area contributed by atoms with E-state index in [-0.39, 0.29) is 11.6 Å². The fraction of sp³-hybridized carbons (Fsp3) is 0.222. The Balaban J connectivity index is 2.50. The van der Waals surface area contributed by atoms with Crippen LogP contribution in [0.1, 0.15) is 6.42 Å². The first kappa shape index (κ1) is 9.45. The molecule has 1 N–H and O–H groups in total. The summed E-state index contributed by atoms with van der Waals surface area (Å²) in [7, 11) is 0. The van der Waals surface area contributed by atoms with Gasteiger partial charge in [-0.1, -0.05) is 0 Å². The van der Waals surface area contributed by atoms with Crippen molar-refractivity contribution in [3.05, 3.63) is 23.8 Å². The molecule has 0 spiro atoms. The highest BCUT2D eigenvalue weighted by Crippen LogP contribution is 2.33. The molecule has 0 aliphatic carbocycles. The van der Waals surface area contributed by atoms with E-state index in [1.807, 2.05) is 0 Å². The first-order chi connectivity index (χ1) is 6.66. The molecular weight excluding hydrogens is 208 g/mol. The lowest BCUT2D eigenvalue weighted by atomic mass is 10.3. The Labute approximate surface area is 83.7 Å². The third-order valence-electron chi connectivity index (χ3n) is 1.87. The predicted molar refractivity (Wildman–Crippen MR) is 50.3 cm³/mol. The van der Waals surface area contributed by atoms with E-state index < -0.39 is 11.6 Å². The Morgan fingerprint density at radius 3 is 2.93 bits per heavy atom. The summed E-state index contributed by atoms with van der Waals surface area (Å²) in [6, 6.07) is 2.00. The zero-order chi connectivity index (χ0) is 10.1. The van der Waals surface area contributed by atoms with Crippen LogP contribution in [0.15, 0.2) is 17.0 Å². The molecule has 5 heteroatoms. The molecule has 74 valence electrons. The number of rotatable bonds is 0. The van der Waals surface area contributed by atoms with Gasteiger partial charge in [-0.3, -0.25) is 4.79 Å². The van der Waals surface area contributed by atoms with E-state index in [4.69, 9.17) is 0 Å². The average molecular weight is 215 g/mol. The van der Waals surface area contributed by atoms with Gasteiger partial charge >= 0.3 is 0 Å². The molecule has 1 aliphatic heterocycles. The molecule has 0 saturated carbocycles. The third-order valence-corrected chi connectivity index (χ3v) is 2.91. The molecule has 1 amide bonds. The van der Waals surface area contributed by atoms with Crippen molar-refractivity contribution < 1.29 is 13.6 Å².